The average Bonchev–Trinajstić information content (AvgIpc) is 3.15. The SMILES string of the molecule is CCOc1cc(/C=C2\N=C(c3cccc(F)c3)OC2=O)cc(Cl)c1OCc1ccc(F)cc1. The van der Waals surface area contributed by atoms with Gasteiger partial charge in [0.05, 0.1) is 11.6 Å². The van der Waals surface area contributed by atoms with Crippen molar-refractivity contribution >= 4 is 29.5 Å². The highest BCUT2D eigenvalue weighted by atomic mass is 35.5. The predicted octanol–water partition coefficient (Wildman–Crippen LogP) is 5.94. The van der Waals surface area contributed by atoms with Gasteiger partial charge in [0.25, 0.3) is 0 Å². The molecule has 0 aliphatic carbocycles. The summed E-state index contributed by atoms with van der Waals surface area (Å²) in [6.07, 6.45) is 1.49. The van der Waals surface area contributed by atoms with Gasteiger partial charge < -0.3 is 14.2 Å². The van der Waals surface area contributed by atoms with E-state index in [9.17, 15) is 13.6 Å². The lowest BCUT2D eigenvalue weighted by atomic mass is 10.1. The molecule has 8 heteroatoms. The van der Waals surface area contributed by atoms with Gasteiger partial charge in [0.1, 0.15) is 18.2 Å². The van der Waals surface area contributed by atoms with Crippen LogP contribution in [0.1, 0.15) is 23.6 Å². The molecule has 1 aliphatic heterocycles. The molecule has 0 spiro atoms. The molecule has 4 rings (SSSR count). The highest BCUT2D eigenvalue weighted by molar-refractivity contribution is 6.32. The van der Waals surface area contributed by atoms with Crippen molar-refractivity contribution in [2.75, 3.05) is 6.61 Å². The summed E-state index contributed by atoms with van der Waals surface area (Å²) < 4.78 is 43.3. The lowest BCUT2D eigenvalue weighted by Crippen LogP contribution is -2.05. The van der Waals surface area contributed by atoms with Crippen LogP contribution < -0.4 is 9.47 Å². The fraction of sp³-hybridized carbons (Fsp3) is 0.120. The van der Waals surface area contributed by atoms with Crippen molar-refractivity contribution in [3.63, 3.8) is 0 Å². The first kappa shape index (κ1) is 22.5. The Hall–Kier alpha value is -3.71. The van der Waals surface area contributed by atoms with Crippen molar-refractivity contribution in [1.82, 2.24) is 0 Å². The maximum Gasteiger partial charge on any atom is 0.363 e. The molecule has 3 aromatic carbocycles. The Morgan fingerprint density at radius 1 is 1.03 bits per heavy atom. The van der Waals surface area contributed by atoms with Crippen molar-refractivity contribution in [1.29, 1.82) is 0 Å². The second-order valence-electron chi connectivity index (χ2n) is 7.02. The van der Waals surface area contributed by atoms with E-state index in [4.69, 9.17) is 25.8 Å². The zero-order chi connectivity index (χ0) is 23.4. The Bertz CT molecular complexity index is 1260. The molecule has 33 heavy (non-hydrogen) atoms. The Balaban J connectivity index is 1.61. The Morgan fingerprint density at radius 3 is 2.55 bits per heavy atom. The van der Waals surface area contributed by atoms with Crippen LogP contribution in [0.3, 0.4) is 0 Å². The van der Waals surface area contributed by atoms with Crippen molar-refractivity contribution in [3.8, 4) is 11.5 Å². The average molecular weight is 470 g/mol. The summed E-state index contributed by atoms with van der Waals surface area (Å²) in [5.74, 6) is -0.755. The van der Waals surface area contributed by atoms with Gasteiger partial charge >= 0.3 is 5.97 Å². The smallest absolute Gasteiger partial charge is 0.363 e. The van der Waals surface area contributed by atoms with Gasteiger partial charge in [-0.3, -0.25) is 0 Å². The monoisotopic (exact) mass is 469 g/mol. The van der Waals surface area contributed by atoms with E-state index in [1.54, 1.807) is 30.3 Å². The summed E-state index contributed by atoms with van der Waals surface area (Å²) in [6.45, 7) is 2.33. The molecule has 0 atom stereocenters. The van der Waals surface area contributed by atoms with E-state index in [1.807, 2.05) is 6.92 Å². The second-order valence-corrected chi connectivity index (χ2v) is 7.43. The van der Waals surface area contributed by atoms with Crippen LogP contribution in [0.15, 0.2) is 71.4 Å². The second kappa shape index (κ2) is 9.83. The molecule has 0 bridgehead atoms. The third-order valence-corrected chi connectivity index (χ3v) is 4.90. The lowest BCUT2D eigenvalue weighted by Gasteiger charge is -2.14. The lowest BCUT2D eigenvalue weighted by molar-refractivity contribution is -0.129. The number of ether oxygens (including phenoxy) is 3. The van der Waals surface area contributed by atoms with E-state index in [1.165, 1.54) is 36.4 Å². The molecule has 0 saturated carbocycles. The van der Waals surface area contributed by atoms with Crippen molar-refractivity contribution in [2.45, 2.75) is 13.5 Å². The minimum Gasteiger partial charge on any atom is -0.490 e. The van der Waals surface area contributed by atoms with Gasteiger partial charge in [-0.15, -0.1) is 0 Å². The zero-order valence-electron chi connectivity index (χ0n) is 17.5. The quantitative estimate of drug-likeness (QED) is 0.317. The number of benzene rings is 3. The largest absolute Gasteiger partial charge is 0.490 e. The molecule has 1 heterocycles. The number of carbonyl (C=O) groups is 1. The number of nitrogens with zero attached hydrogens (tertiary/aromatic N) is 1. The molecule has 0 fully saturated rings. The van der Waals surface area contributed by atoms with Crippen LogP contribution in [-0.2, 0) is 16.1 Å². The van der Waals surface area contributed by atoms with Crippen LogP contribution in [0.5, 0.6) is 11.5 Å². The molecule has 1 aliphatic rings. The number of cyclic esters (lactones) is 1. The van der Waals surface area contributed by atoms with Gasteiger partial charge in [0, 0.05) is 5.56 Å². The molecule has 3 aromatic rings. The maximum absolute atomic E-state index is 13.5. The highest BCUT2D eigenvalue weighted by Crippen LogP contribution is 2.38. The molecule has 5 nitrogen and oxygen atoms in total. The number of aliphatic imine (C=N–C) groups is 1. The van der Waals surface area contributed by atoms with Crippen LogP contribution in [0, 0.1) is 11.6 Å². The third kappa shape index (κ3) is 5.38. The van der Waals surface area contributed by atoms with E-state index in [-0.39, 0.29) is 29.0 Å². The first-order valence-corrected chi connectivity index (χ1v) is 10.4. The van der Waals surface area contributed by atoms with E-state index in [0.29, 0.717) is 29.2 Å². The summed E-state index contributed by atoms with van der Waals surface area (Å²) in [5.41, 5.74) is 1.68. The molecule has 0 N–H and O–H groups in total. The van der Waals surface area contributed by atoms with Gasteiger partial charge in [0.2, 0.25) is 5.90 Å². The summed E-state index contributed by atoms with van der Waals surface area (Å²) in [5, 5.41) is 0.260. The first-order chi connectivity index (χ1) is 15.9. The van der Waals surface area contributed by atoms with Gasteiger partial charge in [-0.05, 0) is 66.6 Å². The van der Waals surface area contributed by atoms with Crippen LogP contribution in [0.4, 0.5) is 8.78 Å². The standard InChI is InChI=1S/C25H18ClF2NO4/c1-2-31-22-12-16(10-20(26)23(22)32-14-15-6-8-18(27)9-7-15)11-21-25(30)33-24(29-21)17-4-3-5-19(28)13-17/h3-13H,2,14H2,1H3/b21-11-. The van der Waals surface area contributed by atoms with E-state index >= 15 is 0 Å². The number of hydrogen-bond donors (Lipinski definition) is 0. The van der Waals surface area contributed by atoms with Crippen molar-refractivity contribution in [3.05, 3.63) is 99.7 Å². The number of carbonyl (C=O) groups excluding carboxylic acids is 1. The summed E-state index contributed by atoms with van der Waals surface area (Å²) in [4.78, 5) is 16.5. The van der Waals surface area contributed by atoms with E-state index < -0.39 is 11.8 Å². The molecular weight excluding hydrogens is 452 g/mol. The number of esters is 1. The highest BCUT2D eigenvalue weighted by Gasteiger charge is 2.25. The summed E-state index contributed by atoms with van der Waals surface area (Å²) in [7, 11) is 0. The van der Waals surface area contributed by atoms with Crippen LogP contribution in [-0.4, -0.2) is 18.5 Å². The minimum atomic E-state index is -0.667. The van der Waals surface area contributed by atoms with Crippen LogP contribution >= 0.6 is 11.6 Å². The van der Waals surface area contributed by atoms with E-state index in [0.717, 1.165) is 5.56 Å². The molecule has 168 valence electrons. The fourth-order valence-electron chi connectivity index (χ4n) is 3.12. The Kier molecular flexibility index (Phi) is 6.70. The number of rotatable bonds is 7. The van der Waals surface area contributed by atoms with Crippen molar-refractivity contribution in [2.24, 2.45) is 4.99 Å². The molecular formula is C25H18ClF2NO4. The normalized spacial score (nSPS) is 14.2. The Morgan fingerprint density at radius 2 is 1.82 bits per heavy atom. The van der Waals surface area contributed by atoms with Crippen LogP contribution in [0.2, 0.25) is 5.02 Å². The molecule has 0 aromatic heterocycles. The maximum atomic E-state index is 13.5. The molecule has 0 amide bonds. The molecule has 0 saturated heterocycles. The third-order valence-electron chi connectivity index (χ3n) is 4.62. The van der Waals surface area contributed by atoms with Gasteiger partial charge in [0.15, 0.2) is 17.2 Å². The topological polar surface area (TPSA) is 57.1 Å². The fourth-order valence-corrected chi connectivity index (χ4v) is 3.40. The molecule has 0 unspecified atom stereocenters. The van der Waals surface area contributed by atoms with Gasteiger partial charge in [-0.25, -0.2) is 18.6 Å². The summed E-state index contributed by atoms with van der Waals surface area (Å²) >= 11 is 6.44. The number of hydrogen-bond acceptors (Lipinski definition) is 5. The van der Waals surface area contributed by atoms with E-state index in [2.05, 4.69) is 4.99 Å². The van der Waals surface area contributed by atoms with Gasteiger partial charge in [-0.1, -0.05) is 29.8 Å². The Labute approximate surface area is 193 Å². The predicted molar refractivity (Wildman–Crippen MR) is 120 cm³/mol. The summed E-state index contributed by atoms with van der Waals surface area (Å²) in [6, 6.07) is 14.8. The molecule has 0 radical (unpaired) electrons. The van der Waals surface area contributed by atoms with Gasteiger partial charge in [-0.2, -0.15) is 0 Å². The first-order valence-electron chi connectivity index (χ1n) is 10.0. The zero-order valence-corrected chi connectivity index (χ0v) is 18.2. The van der Waals surface area contributed by atoms with Crippen LogP contribution in [0.25, 0.3) is 6.08 Å². The minimum absolute atomic E-state index is 0.0149. The number of halogens is 3. The van der Waals surface area contributed by atoms with Crippen molar-refractivity contribution < 1.29 is 27.8 Å².